The number of halogens is 3. The lowest BCUT2D eigenvalue weighted by atomic mass is 10.1. The van der Waals surface area contributed by atoms with Crippen LogP contribution in [0.4, 0.5) is 13.2 Å². The number of rotatable bonds is 5. The first-order valence-electron chi connectivity index (χ1n) is 8.59. The molecular formula is C21H16F3N3O2. The van der Waals surface area contributed by atoms with E-state index in [0.717, 1.165) is 17.8 Å². The van der Waals surface area contributed by atoms with Crippen molar-refractivity contribution in [2.45, 2.75) is 12.7 Å². The van der Waals surface area contributed by atoms with Gasteiger partial charge in [0, 0.05) is 11.8 Å². The molecule has 0 aliphatic carbocycles. The minimum Gasteiger partial charge on any atom is -0.310 e. The minimum absolute atomic E-state index is 0.162. The highest BCUT2D eigenvalue weighted by atomic mass is 19.4. The highest BCUT2D eigenvalue weighted by molar-refractivity contribution is 5.94. The molecule has 0 saturated carbocycles. The van der Waals surface area contributed by atoms with E-state index in [1.807, 2.05) is 30.3 Å². The molecule has 0 unspecified atom stereocenters. The Balaban J connectivity index is 1.76. The first-order chi connectivity index (χ1) is 13.9. The molecule has 148 valence electrons. The molecule has 3 rings (SSSR count). The summed E-state index contributed by atoms with van der Waals surface area (Å²) in [6.07, 6.45) is -2.10. The topological polar surface area (TPSA) is 63.5 Å². The molecule has 1 aromatic heterocycles. The molecule has 1 amide bonds. The number of carbonyl (C=O) groups is 1. The third-order valence-electron chi connectivity index (χ3n) is 4.10. The molecule has 0 radical (unpaired) electrons. The highest BCUT2D eigenvalue weighted by Crippen LogP contribution is 2.31. The molecule has 2 aromatic carbocycles. The lowest BCUT2D eigenvalue weighted by Crippen LogP contribution is -2.30. The van der Waals surface area contributed by atoms with Gasteiger partial charge in [-0.05, 0) is 23.8 Å². The summed E-state index contributed by atoms with van der Waals surface area (Å²) in [4.78, 5) is 24.8. The van der Waals surface area contributed by atoms with Crippen molar-refractivity contribution in [3.63, 3.8) is 0 Å². The summed E-state index contributed by atoms with van der Waals surface area (Å²) >= 11 is 0. The molecule has 0 spiro atoms. The van der Waals surface area contributed by atoms with Gasteiger partial charge in [-0.2, -0.15) is 18.3 Å². The van der Waals surface area contributed by atoms with E-state index in [1.165, 1.54) is 28.8 Å². The molecule has 0 fully saturated rings. The Labute approximate surface area is 164 Å². The van der Waals surface area contributed by atoms with Crippen molar-refractivity contribution in [2.24, 2.45) is 5.10 Å². The number of pyridine rings is 1. The number of nitrogens with one attached hydrogen (secondary N) is 1. The van der Waals surface area contributed by atoms with Crippen LogP contribution in [0.3, 0.4) is 0 Å². The van der Waals surface area contributed by atoms with Gasteiger partial charge in [0.05, 0.1) is 18.3 Å². The monoisotopic (exact) mass is 399 g/mol. The van der Waals surface area contributed by atoms with Crippen LogP contribution in [0.5, 0.6) is 0 Å². The lowest BCUT2D eigenvalue weighted by Gasteiger charge is -2.09. The third kappa shape index (κ3) is 4.98. The number of hydrogen-bond donors (Lipinski definition) is 1. The lowest BCUT2D eigenvalue weighted by molar-refractivity contribution is -0.137. The number of carbonyl (C=O) groups excluding carboxylic acids is 1. The number of alkyl halides is 3. The molecule has 8 heteroatoms. The van der Waals surface area contributed by atoms with Gasteiger partial charge in [-0.1, -0.05) is 48.5 Å². The third-order valence-corrected chi connectivity index (χ3v) is 4.10. The maximum atomic E-state index is 13.0. The fourth-order valence-corrected chi connectivity index (χ4v) is 2.70. The van der Waals surface area contributed by atoms with Gasteiger partial charge in [-0.15, -0.1) is 0 Å². The van der Waals surface area contributed by atoms with Gasteiger partial charge in [0.1, 0.15) is 5.56 Å². The van der Waals surface area contributed by atoms with Crippen LogP contribution in [0, 0.1) is 0 Å². The maximum absolute atomic E-state index is 13.0. The summed E-state index contributed by atoms with van der Waals surface area (Å²) in [7, 11) is 0. The standard InChI is InChI=1S/C21H16F3N3O2/c22-21(23,24)18-11-5-4-9-16(18)13-25-26-19(28)17-10-6-12-27(20(17)29)14-15-7-2-1-3-8-15/h1-13H,14H2,(H,26,28)/b25-13-. The van der Waals surface area contributed by atoms with Crippen LogP contribution in [0.2, 0.25) is 0 Å². The van der Waals surface area contributed by atoms with E-state index >= 15 is 0 Å². The number of aromatic nitrogens is 1. The number of amides is 1. The quantitative estimate of drug-likeness (QED) is 0.526. The van der Waals surface area contributed by atoms with Crippen molar-refractivity contribution < 1.29 is 18.0 Å². The Morgan fingerprint density at radius 1 is 1.00 bits per heavy atom. The zero-order valence-electron chi connectivity index (χ0n) is 15.1. The Kier molecular flexibility index (Phi) is 5.92. The van der Waals surface area contributed by atoms with Gasteiger partial charge in [0.15, 0.2) is 0 Å². The van der Waals surface area contributed by atoms with E-state index in [0.29, 0.717) is 0 Å². The second-order valence-corrected chi connectivity index (χ2v) is 6.12. The maximum Gasteiger partial charge on any atom is 0.417 e. The summed E-state index contributed by atoms with van der Waals surface area (Å²) in [5.74, 6) is -0.807. The number of nitrogens with zero attached hydrogens (tertiary/aromatic N) is 2. The van der Waals surface area contributed by atoms with Gasteiger partial charge in [0.25, 0.3) is 11.5 Å². The number of hydrazone groups is 1. The average molecular weight is 399 g/mol. The van der Waals surface area contributed by atoms with Crippen LogP contribution in [-0.4, -0.2) is 16.7 Å². The molecule has 3 aromatic rings. The molecule has 29 heavy (non-hydrogen) atoms. The molecule has 0 aliphatic heterocycles. The molecular weight excluding hydrogens is 383 g/mol. The van der Waals surface area contributed by atoms with Crippen LogP contribution in [0.25, 0.3) is 0 Å². The summed E-state index contributed by atoms with van der Waals surface area (Å²) in [6.45, 7) is 0.281. The van der Waals surface area contributed by atoms with Gasteiger partial charge < -0.3 is 4.57 Å². The highest BCUT2D eigenvalue weighted by Gasteiger charge is 2.32. The van der Waals surface area contributed by atoms with Crippen LogP contribution < -0.4 is 11.0 Å². The largest absolute Gasteiger partial charge is 0.417 e. The molecule has 1 heterocycles. The van der Waals surface area contributed by atoms with Crippen molar-refractivity contribution in [1.82, 2.24) is 9.99 Å². The van der Waals surface area contributed by atoms with Gasteiger partial charge in [-0.3, -0.25) is 9.59 Å². The molecule has 1 N–H and O–H groups in total. The molecule has 0 aliphatic rings. The van der Waals surface area contributed by atoms with Crippen LogP contribution >= 0.6 is 0 Å². The van der Waals surface area contributed by atoms with Crippen molar-refractivity contribution in [2.75, 3.05) is 0 Å². The summed E-state index contributed by atoms with van der Waals surface area (Å²) in [5.41, 5.74) is 1.23. The number of hydrogen-bond acceptors (Lipinski definition) is 3. The van der Waals surface area contributed by atoms with E-state index in [2.05, 4.69) is 10.5 Å². The normalized spacial score (nSPS) is 11.6. The second-order valence-electron chi connectivity index (χ2n) is 6.12. The average Bonchev–Trinajstić information content (AvgIpc) is 2.70. The first kappa shape index (κ1) is 20.1. The number of benzene rings is 2. The van der Waals surface area contributed by atoms with E-state index in [4.69, 9.17) is 0 Å². The zero-order chi connectivity index (χ0) is 20.9. The fraction of sp³-hybridized carbons (Fsp3) is 0.0952. The summed E-state index contributed by atoms with van der Waals surface area (Å²) in [6, 6.07) is 16.9. The minimum atomic E-state index is -4.54. The Morgan fingerprint density at radius 3 is 2.41 bits per heavy atom. The molecule has 0 saturated heterocycles. The van der Waals surface area contributed by atoms with Gasteiger partial charge >= 0.3 is 6.18 Å². The van der Waals surface area contributed by atoms with E-state index in [9.17, 15) is 22.8 Å². The van der Waals surface area contributed by atoms with E-state index in [1.54, 1.807) is 12.3 Å². The SMILES string of the molecule is O=C(N/N=C\c1ccccc1C(F)(F)F)c1cccn(Cc2ccccc2)c1=O. The Morgan fingerprint density at radius 2 is 1.69 bits per heavy atom. The van der Waals surface area contributed by atoms with E-state index < -0.39 is 23.2 Å². The van der Waals surface area contributed by atoms with Crippen molar-refractivity contribution in [3.05, 3.63) is 106 Å². The van der Waals surface area contributed by atoms with Crippen molar-refractivity contribution in [1.29, 1.82) is 0 Å². The zero-order valence-corrected chi connectivity index (χ0v) is 15.1. The van der Waals surface area contributed by atoms with Gasteiger partial charge in [0.2, 0.25) is 0 Å². The molecule has 0 atom stereocenters. The van der Waals surface area contributed by atoms with Crippen molar-refractivity contribution in [3.8, 4) is 0 Å². The van der Waals surface area contributed by atoms with Gasteiger partial charge in [-0.25, -0.2) is 5.43 Å². The summed E-state index contributed by atoms with van der Waals surface area (Å²) < 4.78 is 40.3. The van der Waals surface area contributed by atoms with Crippen LogP contribution in [0.1, 0.15) is 27.0 Å². The first-order valence-corrected chi connectivity index (χ1v) is 8.59. The fourth-order valence-electron chi connectivity index (χ4n) is 2.70. The molecule has 5 nitrogen and oxygen atoms in total. The summed E-state index contributed by atoms with van der Waals surface area (Å²) in [5, 5.41) is 3.57. The van der Waals surface area contributed by atoms with Crippen LogP contribution in [-0.2, 0) is 12.7 Å². The Bertz CT molecular complexity index is 1090. The molecule has 0 bridgehead atoms. The Hall–Kier alpha value is -3.68. The van der Waals surface area contributed by atoms with Crippen molar-refractivity contribution >= 4 is 12.1 Å². The smallest absolute Gasteiger partial charge is 0.310 e. The second kappa shape index (κ2) is 8.55. The van der Waals surface area contributed by atoms with E-state index in [-0.39, 0.29) is 17.7 Å². The van der Waals surface area contributed by atoms with Crippen LogP contribution in [0.15, 0.2) is 82.8 Å². The predicted octanol–water partition coefficient (Wildman–Crippen LogP) is 3.68. The predicted molar refractivity (Wildman–Crippen MR) is 103 cm³/mol.